The van der Waals surface area contributed by atoms with Gasteiger partial charge in [0.2, 0.25) is 0 Å². The predicted octanol–water partition coefficient (Wildman–Crippen LogP) is 0.0544. The molecule has 0 saturated carbocycles. The molecule has 1 heterocycles. The molecule has 19 heavy (non-hydrogen) atoms. The molecular weight excluding hydrogens is 246 g/mol. The highest BCUT2D eigenvalue weighted by atomic mass is 16.4. The van der Waals surface area contributed by atoms with E-state index in [9.17, 15) is 9.59 Å². The first kappa shape index (κ1) is 15.3. The Morgan fingerprint density at radius 3 is 2.58 bits per heavy atom. The molecule has 2 amide bonds. The lowest BCUT2D eigenvalue weighted by atomic mass is 10.1. The fourth-order valence-electron chi connectivity index (χ4n) is 2.35. The molecular formula is C13H21N3O3. The van der Waals surface area contributed by atoms with Gasteiger partial charge in [-0.05, 0) is 20.0 Å². The van der Waals surface area contributed by atoms with E-state index in [0.29, 0.717) is 25.0 Å². The number of aliphatic carboxylic acids is 1. The van der Waals surface area contributed by atoms with Crippen LogP contribution in [-0.2, 0) is 4.79 Å². The lowest BCUT2D eigenvalue weighted by Gasteiger charge is -2.23. The van der Waals surface area contributed by atoms with Gasteiger partial charge in [0.25, 0.3) is 0 Å². The average molecular weight is 267 g/mol. The number of carboxylic acids is 1. The second kappa shape index (κ2) is 6.43. The summed E-state index contributed by atoms with van der Waals surface area (Å²) >= 11 is 0. The van der Waals surface area contributed by atoms with Crippen LogP contribution in [0.4, 0.5) is 4.79 Å². The van der Waals surface area contributed by atoms with Crippen LogP contribution in [0, 0.1) is 18.3 Å². The van der Waals surface area contributed by atoms with Crippen LogP contribution in [-0.4, -0.2) is 66.2 Å². The van der Waals surface area contributed by atoms with Crippen LogP contribution in [0.1, 0.15) is 13.3 Å². The zero-order valence-corrected chi connectivity index (χ0v) is 11.6. The molecule has 0 aromatic rings. The highest BCUT2D eigenvalue weighted by Crippen LogP contribution is 2.19. The van der Waals surface area contributed by atoms with Crippen LogP contribution < -0.4 is 5.32 Å². The molecule has 0 aliphatic carbocycles. The summed E-state index contributed by atoms with van der Waals surface area (Å²) in [6, 6.07) is -1.09. The minimum absolute atomic E-state index is 0.0123. The normalized spacial score (nSPS) is 24.1. The summed E-state index contributed by atoms with van der Waals surface area (Å²) in [5, 5.41) is 11.4. The quantitative estimate of drug-likeness (QED) is 0.706. The molecule has 0 spiro atoms. The maximum Gasteiger partial charge on any atom is 0.327 e. The summed E-state index contributed by atoms with van der Waals surface area (Å²) in [6.07, 6.45) is 5.08. The second-order valence-corrected chi connectivity index (χ2v) is 5.16. The van der Waals surface area contributed by atoms with Gasteiger partial charge in [-0.25, -0.2) is 9.59 Å². The Morgan fingerprint density at radius 2 is 2.16 bits per heavy atom. The molecule has 3 unspecified atom stereocenters. The van der Waals surface area contributed by atoms with Crippen molar-refractivity contribution in [2.24, 2.45) is 5.92 Å². The van der Waals surface area contributed by atoms with Crippen LogP contribution in [0.15, 0.2) is 0 Å². The van der Waals surface area contributed by atoms with E-state index in [0.717, 1.165) is 0 Å². The van der Waals surface area contributed by atoms with E-state index in [1.807, 2.05) is 14.1 Å². The van der Waals surface area contributed by atoms with Gasteiger partial charge < -0.3 is 20.2 Å². The molecule has 1 aliphatic rings. The van der Waals surface area contributed by atoms with Crippen molar-refractivity contribution in [3.8, 4) is 12.3 Å². The number of likely N-dealkylation sites (N-methyl/N-ethyl adjacent to an activating group) is 1. The van der Waals surface area contributed by atoms with Gasteiger partial charge in [0.05, 0.1) is 0 Å². The van der Waals surface area contributed by atoms with Gasteiger partial charge in [0.1, 0.15) is 6.04 Å². The molecule has 2 N–H and O–H groups in total. The first-order chi connectivity index (χ1) is 8.86. The van der Waals surface area contributed by atoms with Gasteiger partial charge in [-0.3, -0.25) is 0 Å². The molecule has 0 aromatic heterocycles. The van der Waals surface area contributed by atoms with Gasteiger partial charge in [0, 0.05) is 25.6 Å². The average Bonchev–Trinajstić information content (AvgIpc) is 2.70. The molecule has 6 nitrogen and oxygen atoms in total. The van der Waals surface area contributed by atoms with Gasteiger partial charge in [-0.2, -0.15) is 0 Å². The summed E-state index contributed by atoms with van der Waals surface area (Å²) in [5.41, 5.74) is 0. The molecule has 3 atom stereocenters. The smallest absolute Gasteiger partial charge is 0.327 e. The molecule has 1 aliphatic heterocycles. The van der Waals surface area contributed by atoms with E-state index in [-0.39, 0.29) is 12.5 Å². The van der Waals surface area contributed by atoms with E-state index in [4.69, 9.17) is 11.5 Å². The fourth-order valence-corrected chi connectivity index (χ4v) is 2.35. The third-order valence-corrected chi connectivity index (χ3v) is 3.44. The first-order valence-electron chi connectivity index (χ1n) is 6.25. The molecule has 1 fully saturated rings. The summed E-state index contributed by atoms with van der Waals surface area (Å²) < 4.78 is 0. The van der Waals surface area contributed by atoms with Gasteiger partial charge >= 0.3 is 12.0 Å². The minimum Gasteiger partial charge on any atom is -0.480 e. The summed E-state index contributed by atoms with van der Waals surface area (Å²) in [4.78, 5) is 26.7. The number of amides is 2. The summed E-state index contributed by atoms with van der Waals surface area (Å²) in [7, 11) is 3.95. The number of hydrogen-bond donors (Lipinski definition) is 2. The number of hydrogen-bond acceptors (Lipinski definition) is 3. The molecule has 0 aromatic carbocycles. The Kier molecular flexibility index (Phi) is 5.19. The van der Waals surface area contributed by atoms with E-state index >= 15 is 0 Å². The Bertz CT molecular complexity index is 389. The van der Waals surface area contributed by atoms with Crippen LogP contribution in [0.2, 0.25) is 0 Å². The molecule has 106 valence electrons. The number of terminal acetylenes is 1. The van der Waals surface area contributed by atoms with Crippen LogP contribution in [0.3, 0.4) is 0 Å². The predicted molar refractivity (Wildman–Crippen MR) is 71.6 cm³/mol. The number of carbonyl (C=O) groups is 2. The SMILES string of the molecule is C#CCC(NC(=O)N1CC(C)C(N(C)C)C1)C(=O)O. The third-order valence-electron chi connectivity index (χ3n) is 3.44. The van der Waals surface area contributed by atoms with E-state index < -0.39 is 12.0 Å². The third kappa shape index (κ3) is 3.86. The number of carboxylic acid groups (broad SMARTS) is 1. The van der Waals surface area contributed by atoms with Gasteiger partial charge in [-0.1, -0.05) is 6.92 Å². The molecule has 0 radical (unpaired) electrons. The van der Waals surface area contributed by atoms with Crippen LogP contribution >= 0.6 is 0 Å². The van der Waals surface area contributed by atoms with E-state index in [1.54, 1.807) is 4.90 Å². The molecule has 6 heteroatoms. The summed E-state index contributed by atoms with van der Waals surface area (Å²) in [5.74, 6) is 1.51. The molecule has 1 saturated heterocycles. The topological polar surface area (TPSA) is 72.9 Å². The Morgan fingerprint density at radius 1 is 1.53 bits per heavy atom. The van der Waals surface area contributed by atoms with Crippen molar-refractivity contribution >= 4 is 12.0 Å². The van der Waals surface area contributed by atoms with Crippen molar-refractivity contribution in [2.45, 2.75) is 25.4 Å². The Hall–Kier alpha value is -1.74. The van der Waals surface area contributed by atoms with Gasteiger partial charge in [-0.15, -0.1) is 12.3 Å². The highest BCUT2D eigenvalue weighted by Gasteiger charge is 2.34. The van der Waals surface area contributed by atoms with Crippen molar-refractivity contribution in [3.63, 3.8) is 0 Å². The van der Waals surface area contributed by atoms with E-state index in [2.05, 4.69) is 23.1 Å². The lowest BCUT2D eigenvalue weighted by molar-refractivity contribution is -0.139. The zero-order chi connectivity index (χ0) is 14.6. The monoisotopic (exact) mass is 267 g/mol. The first-order valence-corrected chi connectivity index (χ1v) is 6.25. The minimum atomic E-state index is -1.11. The zero-order valence-electron chi connectivity index (χ0n) is 11.6. The van der Waals surface area contributed by atoms with Gasteiger partial charge in [0.15, 0.2) is 0 Å². The maximum absolute atomic E-state index is 12.0. The van der Waals surface area contributed by atoms with Crippen molar-refractivity contribution in [1.82, 2.24) is 15.1 Å². The highest BCUT2D eigenvalue weighted by molar-refractivity contribution is 5.83. The maximum atomic E-state index is 12.0. The van der Waals surface area contributed by atoms with Crippen molar-refractivity contribution < 1.29 is 14.7 Å². The number of likely N-dealkylation sites (tertiary alicyclic amines) is 1. The fraction of sp³-hybridized carbons (Fsp3) is 0.692. The summed E-state index contributed by atoms with van der Waals surface area (Å²) in [6.45, 7) is 3.30. The Balaban J connectivity index is 2.60. The van der Waals surface area contributed by atoms with E-state index in [1.165, 1.54) is 0 Å². The molecule has 0 bridgehead atoms. The number of urea groups is 1. The standard InChI is InChI=1S/C13H21N3O3/c1-5-6-10(12(17)18)14-13(19)16-7-9(2)11(8-16)15(3)4/h1,9-11H,6-8H2,2-4H3,(H,14,19)(H,17,18). The van der Waals surface area contributed by atoms with Crippen molar-refractivity contribution in [3.05, 3.63) is 0 Å². The van der Waals surface area contributed by atoms with Crippen LogP contribution in [0.25, 0.3) is 0 Å². The molecule has 1 rings (SSSR count). The number of nitrogens with one attached hydrogen (secondary N) is 1. The Labute approximate surface area is 113 Å². The number of carbonyl (C=O) groups excluding carboxylic acids is 1. The lowest BCUT2D eigenvalue weighted by Crippen LogP contribution is -2.47. The second-order valence-electron chi connectivity index (χ2n) is 5.16. The number of nitrogens with zero attached hydrogens (tertiary/aromatic N) is 2. The van der Waals surface area contributed by atoms with Crippen molar-refractivity contribution in [2.75, 3.05) is 27.2 Å². The largest absolute Gasteiger partial charge is 0.480 e. The number of rotatable bonds is 4. The van der Waals surface area contributed by atoms with Crippen LogP contribution in [0.5, 0.6) is 0 Å². The van der Waals surface area contributed by atoms with Crippen molar-refractivity contribution in [1.29, 1.82) is 0 Å².